The van der Waals surface area contributed by atoms with Gasteiger partial charge >= 0.3 is 0 Å². The van der Waals surface area contributed by atoms with Crippen molar-refractivity contribution in [2.24, 2.45) is 11.1 Å². The van der Waals surface area contributed by atoms with E-state index in [2.05, 4.69) is 0 Å². The van der Waals surface area contributed by atoms with Gasteiger partial charge in [0.05, 0.1) is 31.8 Å². The van der Waals surface area contributed by atoms with E-state index in [9.17, 15) is 9.90 Å². The van der Waals surface area contributed by atoms with Crippen LogP contribution < -0.4 is 5.73 Å². The molecule has 3 N–H and O–H groups in total. The fraction of sp³-hybridized carbons (Fsp3) is 0.900. The van der Waals surface area contributed by atoms with Crippen LogP contribution in [0.3, 0.4) is 0 Å². The summed E-state index contributed by atoms with van der Waals surface area (Å²) in [7, 11) is 0. The lowest BCUT2D eigenvalue weighted by molar-refractivity contribution is -0.152. The van der Waals surface area contributed by atoms with Crippen molar-refractivity contribution >= 4 is 5.91 Å². The Bertz CT molecular complexity index is 221. The van der Waals surface area contributed by atoms with Gasteiger partial charge in [0, 0.05) is 12.6 Å². The van der Waals surface area contributed by atoms with Gasteiger partial charge in [-0.2, -0.15) is 0 Å². The summed E-state index contributed by atoms with van der Waals surface area (Å²) in [6.45, 7) is 6.12. The van der Waals surface area contributed by atoms with E-state index in [0.29, 0.717) is 19.8 Å². The molecule has 0 aromatic heterocycles. The summed E-state index contributed by atoms with van der Waals surface area (Å²) in [5, 5.41) is 9.28. The number of carbonyl (C=O) groups is 1. The highest BCUT2D eigenvalue weighted by Crippen LogP contribution is 2.28. The maximum atomic E-state index is 10.9. The van der Waals surface area contributed by atoms with E-state index in [1.807, 2.05) is 18.7 Å². The number of rotatable bonds is 6. The summed E-state index contributed by atoms with van der Waals surface area (Å²) in [5.41, 5.74) is 4.98. The van der Waals surface area contributed by atoms with Gasteiger partial charge in [0.1, 0.15) is 0 Å². The first-order chi connectivity index (χ1) is 6.99. The third-order valence-electron chi connectivity index (χ3n) is 2.78. The van der Waals surface area contributed by atoms with Crippen LogP contribution in [0.15, 0.2) is 0 Å². The quantitative estimate of drug-likeness (QED) is 0.609. The molecule has 0 bridgehead atoms. The fourth-order valence-corrected chi connectivity index (χ4v) is 1.68. The van der Waals surface area contributed by atoms with Crippen molar-refractivity contribution in [3.05, 3.63) is 0 Å². The number of amides is 1. The summed E-state index contributed by atoms with van der Waals surface area (Å²) in [5.74, 6) is -0.336. The molecule has 0 aromatic rings. The normalized spacial score (nSPS) is 19.3. The zero-order chi connectivity index (χ0) is 11.5. The Morgan fingerprint density at radius 1 is 1.60 bits per heavy atom. The predicted molar refractivity (Wildman–Crippen MR) is 56.2 cm³/mol. The van der Waals surface area contributed by atoms with Gasteiger partial charge in [-0.25, -0.2) is 0 Å². The molecule has 5 nitrogen and oxygen atoms in total. The number of nitrogens with two attached hydrogens (primary N) is 1. The Hall–Kier alpha value is -0.650. The molecule has 1 aliphatic rings. The molecule has 1 heterocycles. The summed E-state index contributed by atoms with van der Waals surface area (Å²) in [4.78, 5) is 12.9. The number of hydrogen-bond acceptors (Lipinski definition) is 4. The topological polar surface area (TPSA) is 75.8 Å². The molecule has 1 aliphatic heterocycles. The number of carbonyl (C=O) groups excluding carboxylic acids is 1. The van der Waals surface area contributed by atoms with Gasteiger partial charge in [-0.1, -0.05) is 0 Å². The Morgan fingerprint density at radius 3 is 2.47 bits per heavy atom. The summed E-state index contributed by atoms with van der Waals surface area (Å²) < 4.78 is 5.11. The molecule has 0 radical (unpaired) electrons. The number of ether oxygens (including phenoxy) is 1. The molecule has 0 spiro atoms. The largest absolute Gasteiger partial charge is 0.396 e. The molecule has 1 rings (SSSR count). The first kappa shape index (κ1) is 12.4. The average molecular weight is 216 g/mol. The smallest absolute Gasteiger partial charge is 0.231 e. The molecule has 0 unspecified atom stereocenters. The third kappa shape index (κ3) is 3.15. The molecule has 5 heteroatoms. The zero-order valence-electron chi connectivity index (χ0n) is 9.40. The van der Waals surface area contributed by atoms with Crippen LogP contribution in [-0.4, -0.2) is 54.9 Å². The van der Waals surface area contributed by atoms with Crippen molar-refractivity contribution in [1.29, 1.82) is 0 Å². The molecule has 1 saturated heterocycles. The minimum absolute atomic E-state index is 0.0922. The Kier molecular flexibility index (Phi) is 4.07. The number of aliphatic hydroxyl groups is 1. The van der Waals surface area contributed by atoms with Crippen LogP contribution in [0.5, 0.6) is 0 Å². The Labute approximate surface area is 90.2 Å². The zero-order valence-corrected chi connectivity index (χ0v) is 9.40. The SMILES string of the molecule is CC(C)N(CC(N)=O)CC1(CO)COC1. The van der Waals surface area contributed by atoms with Crippen LogP contribution in [0.4, 0.5) is 0 Å². The second-order valence-electron chi connectivity index (χ2n) is 4.62. The second kappa shape index (κ2) is 4.92. The molecule has 0 aromatic carbocycles. The van der Waals surface area contributed by atoms with E-state index in [0.717, 1.165) is 0 Å². The Morgan fingerprint density at radius 2 is 2.20 bits per heavy atom. The first-order valence-corrected chi connectivity index (χ1v) is 5.20. The molecule has 0 atom stereocenters. The third-order valence-corrected chi connectivity index (χ3v) is 2.78. The van der Waals surface area contributed by atoms with Crippen LogP contribution in [0.25, 0.3) is 0 Å². The van der Waals surface area contributed by atoms with Crippen molar-refractivity contribution < 1.29 is 14.6 Å². The lowest BCUT2D eigenvalue weighted by Gasteiger charge is -2.44. The van der Waals surface area contributed by atoms with Gasteiger partial charge in [0.2, 0.25) is 5.91 Å². The van der Waals surface area contributed by atoms with Crippen LogP contribution in [0, 0.1) is 5.41 Å². The van der Waals surface area contributed by atoms with Gasteiger partial charge in [0.15, 0.2) is 0 Å². The Balaban J connectivity index is 2.53. The van der Waals surface area contributed by atoms with Crippen LogP contribution in [-0.2, 0) is 9.53 Å². The minimum atomic E-state index is -0.336. The van der Waals surface area contributed by atoms with E-state index in [1.54, 1.807) is 0 Å². The number of nitrogens with zero attached hydrogens (tertiary/aromatic N) is 1. The molecule has 1 amide bonds. The highest BCUT2D eigenvalue weighted by atomic mass is 16.5. The van der Waals surface area contributed by atoms with Crippen molar-refractivity contribution in [2.75, 3.05) is 32.9 Å². The highest BCUT2D eigenvalue weighted by molar-refractivity contribution is 5.75. The van der Waals surface area contributed by atoms with Crippen LogP contribution >= 0.6 is 0 Å². The summed E-state index contributed by atoms with van der Waals surface area (Å²) in [6.07, 6.45) is 0. The lowest BCUT2D eigenvalue weighted by Crippen LogP contribution is -2.55. The van der Waals surface area contributed by atoms with Crippen molar-refractivity contribution in [3.63, 3.8) is 0 Å². The molecule has 0 aliphatic carbocycles. The molecular weight excluding hydrogens is 196 g/mol. The first-order valence-electron chi connectivity index (χ1n) is 5.20. The van der Waals surface area contributed by atoms with Gasteiger partial charge in [-0.05, 0) is 13.8 Å². The standard InChI is InChI=1S/C10H20N2O3/c1-8(2)12(3-9(11)14)4-10(5-13)6-15-7-10/h8,13H,3-7H2,1-2H3,(H2,11,14). The predicted octanol–water partition coefficient (Wildman–Crippen LogP) is -0.809. The van der Waals surface area contributed by atoms with E-state index in [-0.39, 0.29) is 30.5 Å². The number of aliphatic hydroxyl groups excluding tert-OH is 1. The maximum Gasteiger partial charge on any atom is 0.231 e. The average Bonchev–Trinajstić information content (AvgIpc) is 2.08. The highest BCUT2D eigenvalue weighted by Gasteiger charge is 2.40. The summed E-state index contributed by atoms with van der Waals surface area (Å²) >= 11 is 0. The maximum absolute atomic E-state index is 10.9. The van der Waals surface area contributed by atoms with E-state index >= 15 is 0 Å². The van der Waals surface area contributed by atoms with Gasteiger partial charge in [-0.15, -0.1) is 0 Å². The fourth-order valence-electron chi connectivity index (χ4n) is 1.68. The second-order valence-corrected chi connectivity index (χ2v) is 4.62. The summed E-state index contributed by atoms with van der Waals surface area (Å²) in [6, 6.07) is 0.238. The van der Waals surface area contributed by atoms with Crippen molar-refractivity contribution in [3.8, 4) is 0 Å². The molecule has 88 valence electrons. The van der Waals surface area contributed by atoms with Crippen molar-refractivity contribution in [2.45, 2.75) is 19.9 Å². The molecule has 15 heavy (non-hydrogen) atoms. The van der Waals surface area contributed by atoms with Crippen molar-refractivity contribution in [1.82, 2.24) is 4.90 Å². The molecule has 0 saturated carbocycles. The monoisotopic (exact) mass is 216 g/mol. The van der Waals surface area contributed by atoms with Gasteiger partial charge < -0.3 is 15.6 Å². The van der Waals surface area contributed by atoms with Crippen LogP contribution in [0.1, 0.15) is 13.8 Å². The lowest BCUT2D eigenvalue weighted by atomic mass is 9.86. The van der Waals surface area contributed by atoms with Gasteiger partial charge in [-0.3, -0.25) is 9.69 Å². The van der Waals surface area contributed by atoms with E-state index in [1.165, 1.54) is 0 Å². The minimum Gasteiger partial charge on any atom is -0.396 e. The number of hydrogen-bond donors (Lipinski definition) is 2. The van der Waals surface area contributed by atoms with Gasteiger partial charge in [0.25, 0.3) is 0 Å². The number of primary amides is 1. The molecular formula is C10H20N2O3. The molecule has 1 fully saturated rings. The van der Waals surface area contributed by atoms with E-state index < -0.39 is 0 Å². The van der Waals surface area contributed by atoms with Crippen LogP contribution in [0.2, 0.25) is 0 Å². The van der Waals surface area contributed by atoms with E-state index in [4.69, 9.17) is 10.5 Å².